The molecule has 1 heterocycles. The van der Waals surface area contributed by atoms with Gasteiger partial charge >= 0.3 is 0 Å². The molecule has 0 fully saturated rings. The van der Waals surface area contributed by atoms with E-state index in [1.807, 2.05) is 26.0 Å². The Kier molecular flexibility index (Phi) is 3.30. The number of hydrogen-bond acceptors (Lipinski definition) is 3. The van der Waals surface area contributed by atoms with Crippen molar-refractivity contribution in [3.63, 3.8) is 0 Å². The van der Waals surface area contributed by atoms with Gasteiger partial charge < -0.3 is 5.32 Å². The van der Waals surface area contributed by atoms with Crippen molar-refractivity contribution in [2.24, 2.45) is 0 Å². The predicted octanol–water partition coefficient (Wildman–Crippen LogP) is 3.61. The lowest BCUT2D eigenvalue weighted by Crippen LogP contribution is -2.01. The van der Waals surface area contributed by atoms with Gasteiger partial charge in [-0.05, 0) is 47.5 Å². The molecule has 0 saturated heterocycles. The van der Waals surface area contributed by atoms with Crippen LogP contribution in [0.4, 0.5) is 5.69 Å². The number of nitriles is 1. The molecule has 0 bridgehead atoms. The number of hydrogen-bond donors (Lipinski definition) is 1. The molecule has 2 rings (SSSR count). The van der Waals surface area contributed by atoms with E-state index in [-0.39, 0.29) is 0 Å². The van der Waals surface area contributed by atoms with Crippen LogP contribution in [0.25, 0.3) is 10.9 Å². The number of aromatic nitrogens is 1. The molecule has 0 amide bonds. The largest absolute Gasteiger partial charge is 0.384 e. The highest BCUT2D eigenvalue weighted by Gasteiger charge is 2.10. The highest BCUT2D eigenvalue weighted by atomic mass is 79.9. The van der Waals surface area contributed by atoms with Gasteiger partial charge in [0.15, 0.2) is 0 Å². The molecule has 0 unspecified atom stereocenters. The second kappa shape index (κ2) is 4.72. The van der Waals surface area contributed by atoms with Gasteiger partial charge in [-0.3, -0.25) is 4.98 Å². The van der Waals surface area contributed by atoms with E-state index in [0.717, 1.165) is 33.2 Å². The van der Waals surface area contributed by atoms with Crippen LogP contribution in [0.15, 0.2) is 22.8 Å². The Bertz CT molecular complexity index is 614. The maximum atomic E-state index is 9.10. The first kappa shape index (κ1) is 11.9. The number of halogens is 1. The zero-order chi connectivity index (χ0) is 12.4. The Morgan fingerprint density at radius 2 is 2.24 bits per heavy atom. The standard InChI is InChI=1S/C13H12BrN3/c1-3-16-12-9(6-15)7-17-13-10(12)4-8(2)5-11(13)14/h4-5,7H,3H2,1-2H3,(H,16,17). The van der Waals surface area contributed by atoms with Gasteiger partial charge in [0.1, 0.15) is 6.07 Å². The second-order valence-corrected chi connectivity index (χ2v) is 4.69. The third kappa shape index (κ3) is 2.11. The van der Waals surface area contributed by atoms with Crippen molar-refractivity contribution in [1.82, 2.24) is 4.98 Å². The first-order valence-corrected chi connectivity index (χ1v) is 6.19. The molecule has 86 valence electrons. The topological polar surface area (TPSA) is 48.7 Å². The lowest BCUT2D eigenvalue weighted by atomic mass is 10.1. The Labute approximate surface area is 109 Å². The van der Waals surface area contributed by atoms with Crippen LogP contribution in [0.1, 0.15) is 18.1 Å². The molecule has 0 radical (unpaired) electrons. The van der Waals surface area contributed by atoms with Crippen LogP contribution in [0.2, 0.25) is 0 Å². The van der Waals surface area contributed by atoms with E-state index in [9.17, 15) is 0 Å². The fraction of sp³-hybridized carbons (Fsp3) is 0.231. The van der Waals surface area contributed by atoms with Crippen molar-refractivity contribution in [1.29, 1.82) is 5.26 Å². The van der Waals surface area contributed by atoms with Gasteiger partial charge in [-0.25, -0.2) is 0 Å². The summed E-state index contributed by atoms with van der Waals surface area (Å²) < 4.78 is 0.955. The summed E-state index contributed by atoms with van der Waals surface area (Å²) in [4.78, 5) is 4.33. The molecule has 4 heteroatoms. The lowest BCUT2D eigenvalue weighted by Gasteiger charge is -2.11. The highest BCUT2D eigenvalue weighted by molar-refractivity contribution is 9.10. The minimum Gasteiger partial charge on any atom is -0.384 e. The van der Waals surface area contributed by atoms with Crippen LogP contribution >= 0.6 is 15.9 Å². The van der Waals surface area contributed by atoms with Crippen LogP contribution in [-0.4, -0.2) is 11.5 Å². The second-order valence-electron chi connectivity index (χ2n) is 3.83. The summed E-state index contributed by atoms with van der Waals surface area (Å²) >= 11 is 3.51. The molecule has 0 atom stereocenters. The van der Waals surface area contributed by atoms with E-state index >= 15 is 0 Å². The van der Waals surface area contributed by atoms with Crippen LogP contribution in [-0.2, 0) is 0 Å². The summed E-state index contributed by atoms with van der Waals surface area (Å²) in [6.45, 7) is 4.82. The van der Waals surface area contributed by atoms with Crippen molar-refractivity contribution in [3.8, 4) is 6.07 Å². The summed E-state index contributed by atoms with van der Waals surface area (Å²) in [5.41, 5.74) is 3.47. The maximum absolute atomic E-state index is 9.10. The molecule has 1 aromatic carbocycles. The predicted molar refractivity (Wildman–Crippen MR) is 73.1 cm³/mol. The van der Waals surface area contributed by atoms with Gasteiger partial charge in [-0.1, -0.05) is 0 Å². The van der Waals surface area contributed by atoms with Crippen molar-refractivity contribution in [2.45, 2.75) is 13.8 Å². The van der Waals surface area contributed by atoms with E-state index in [1.54, 1.807) is 6.20 Å². The van der Waals surface area contributed by atoms with Gasteiger partial charge in [0.25, 0.3) is 0 Å². The minimum absolute atomic E-state index is 0.580. The summed E-state index contributed by atoms with van der Waals surface area (Å²) in [6, 6.07) is 6.24. The molecule has 17 heavy (non-hydrogen) atoms. The summed E-state index contributed by atoms with van der Waals surface area (Å²) in [7, 11) is 0. The molecule has 0 spiro atoms. The van der Waals surface area contributed by atoms with Gasteiger partial charge in [0.05, 0.1) is 16.8 Å². The fourth-order valence-electron chi connectivity index (χ4n) is 1.85. The molecule has 1 aromatic heterocycles. The molecular formula is C13H12BrN3. The van der Waals surface area contributed by atoms with Crippen molar-refractivity contribution < 1.29 is 0 Å². The van der Waals surface area contributed by atoms with Crippen LogP contribution < -0.4 is 5.32 Å². The van der Waals surface area contributed by atoms with E-state index in [2.05, 4.69) is 32.3 Å². The van der Waals surface area contributed by atoms with Crippen molar-refractivity contribution in [2.75, 3.05) is 11.9 Å². The van der Waals surface area contributed by atoms with Crippen molar-refractivity contribution in [3.05, 3.63) is 33.9 Å². The molecule has 2 aromatic rings. The Morgan fingerprint density at radius 1 is 1.47 bits per heavy atom. The SMILES string of the molecule is CCNc1c(C#N)cnc2c(Br)cc(C)cc12. The summed E-state index contributed by atoms with van der Waals surface area (Å²) in [5.74, 6) is 0. The molecule has 0 saturated carbocycles. The molecule has 0 aliphatic carbocycles. The molecule has 3 nitrogen and oxygen atoms in total. The van der Waals surface area contributed by atoms with E-state index in [0.29, 0.717) is 5.56 Å². The first-order valence-electron chi connectivity index (χ1n) is 5.40. The molecule has 0 aliphatic heterocycles. The Hall–Kier alpha value is -1.60. The van der Waals surface area contributed by atoms with Crippen LogP contribution in [0, 0.1) is 18.3 Å². The van der Waals surface area contributed by atoms with Crippen LogP contribution in [0.3, 0.4) is 0 Å². The monoisotopic (exact) mass is 289 g/mol. The number of nitrogens with one attached hydrogen (secondary N) is 1. The van der Waals surface area contributed by atoms with E-state index in [4.69, 9.17) is 5.26 Å². The normalized spacial score (nSPS) is 10.2. The third-order valence-electron chi connectivity index (χ3n) is 2.54. The molecule has 1 N–H and O–H groups in total. The van der Waals surface area contributed by atoms with Gasteiger partial charge in [-0.15, -0.1) is 0 Å². The van der Waals surface area contributed by atoms with Gasteiger partial charge in [0.2, 0.25) is 0 Å². The third-order valence-corrected chi connectivity index (χ3v) is 3.15. The number of rotatable bonds is 2. The molecular weight excluding hydrogens is 278 g/mol. The summed E-state index contributed by atoms with van der Waals surface area (Å²) in [6.07, 6.45) is 1.61. The average molecular weight is 290 g/mol. The summed E-state index contributed by atoms with van der Waals surface area (Å²) in [5, 5.41) is 13.3. The van der Waals surface area contributed by atoms with Gasteiger partial charge in [-0.2, -0.15) is 5.26 Å². The van der Waals surface area contributed by atoms with Crippen LogP contribution in [0.5, 0.6) is 0 Å². The number of anilines is 1. The maximum Gasteiger partial charge on any atom is 0.103 e. The van der Waals surface area contributed by atoms with E-state index < -0.39 is 0 Å². The highest BCUT2D eigenvalue weighted by Crippen LogP contribution is 2.31. The number of aryl methyl sites for hydroxylation is 1. The number of benzene rings is 1. The fourth-order valence-corrected chi connectivity index (χ4v) is 2.52. The smallest absolute Gasteiger partial charge is 0.103 e. The first-order chi connectivity index (χ1) is 8.17. The Morgan fingerprint density at radius 3 is 2.88 bits per heavy atom. The Balaban J connectivity index is 2.84. The quantitative estimate of drug-likeness (QED) is 0.919. The average Bonchev–Trinajstić information content (AvgIpc) is 2.30. The zero-order valence-electron chi connectivity index (χ0n) is 9.71. The number of fused-ring (bicyclic) bond motifs is 1. The number of nitrogens with zero attached hydrogens (tertiary/aromatic N) is 2. The number of pyridine rings is 1. The zero-order valence-corrected chi connectivity index (χ0v) is 11.3. The minimum atomic E-state index is 0.580. The lowest BCUT2D eigenvalue weighted by molar-refractivity contribution is 1.20. The van der Waals surface area contributed by atoms with E-state index in [1.165, 1.54) is 0 Å². The van der Waals surface area contributed by atoms with Gasteiger partial charge in [0, 0.05) is 22.6 Å². The van der Waals surface area contributed by atoms with Crippen molar-refractivity contribution >= 4 is 32.5 Å². The molecule has 0 aliphatic rings.